The van der Waals surface area contributed by atoms with E-state index < -0.39 is 5.97 Å². The van der Waals surface area contributed by atoms with Crippen molar-refractivity contribution in [1.82, 2.24) is 4.90 Å². The van der Waals surface area contributed by atoms with Gasteiger partial charge in [-0.1, -0.05) is 6.92 Å². The lowest BCUT2D eigenvalue weighted by Gasteiger charge is -2.33. The van der Waals surface area contributed by atoms with Crippen LogP contribution in [0.4, 0.5) is 0 Å². The molecule has 1 aliphatic heterocycles. The summed E-state index contributed by atoms with van der Waals surface area (Å²) in [4.78, 5) is 12.7. The molecule has 0 aliphatic carbocycles. The average Bonchev–Trinajstić information content (AvgIpc) is 2.20. The summed E-state index contributed by atoms with van der Waals surface area (Å²) in [5, 5.41) is 8.60. The van der Waals surface area contributed by atoms with E-state index in [1.807, 2.05) is 0 Å². The zero-order valence-corrected chi connectivity index (χ0v) is 8.74. The van der Waals surface area contributed by atoms with E-state index in [4.69, 9.17) is 9.84 Å². The van der Waals surface area contributed by atoms with E-state index in [0.29, 0.717) is 12.6 Å². The third-order valence-corrected chi connectivity index (χ3v) is 2.73. The van der Waals surface area contributed by atoms with Crippen LogP contribution in [0.2, 0.25) is 0 Å². The molecule has 0 aromatic heterocycles. The largest absolute Gasteiger partial charge is 0.481 e. The molecule has 1 rings (SSSR count). The number of aliphatic carboxylic acids is 1. The Labute approximate surface area is 84.8 Å². The van der Waals surface area contributed by atoms with Gasteiger partial charge in [0.05, 0.1) is 6.42 Å². The second-order valence-corrected chi connectivity index (χ2v) is 3.62. The number of rotatable bonds is 5. The standard InChI is InChI=1S/C10H19NO3/c1-2-11(6-3-10(12)13)9-4-7-14-8-5-9/h9H,2-8H2,1H3,(H,12,13). The fraction of sp³-hybridized carbons (Fsp3) is 0.900. The lowest BCUT2D eigenvalue weighted by Crippen LogP contribution is -2.40. The predicted molar refractivity (Wildman–Crippen MR) is 53.3 cm³/mol. The first-order valence-corrected chi connectivity index (χ1v) is 5.27. The fourth-order valence-corrected chi connectivity index (χ4v) is 1.89. The molecule has 4 nitrogen and oxygen atoms in total. The fourth-order valence-electron chi connectivity index (χ4n) is 1.89. The van der Waals surface area contributed by atoms with Gasteiger partial charge in [-0.2, -0.15) is 0 Å². The number of carboxylic acid groups (broad SMARTS) is 1. The maximum Gasteiger partial charge on any atom is 0.304 e. The lowest BCUT2D eigenvalue weighted by atomic mass is 10.1. The molecule has 0 aromatic rings. The molecule has 1 heterocycles. The van der Waals surface area contributed by atoms with Crippen molar-refractivity contribution < 1.29 is 14.6 Å². The molecule has 0 aromatic carbocycles. The Balaban J connectivity index is 2.31. The third kappa shape index (κ3) is 3.64. The zero-order chi connectivity index (χ0) is 10.4. The Kier molecular flexibility index (Phi) is 4.90. The minimum atomic E-state index is -0.712. The Morgan fingerprint density at radius 1 is 1.50 bits per heavy atom. The molecule has 0 bridgehead atoms. The summed E-state index contributed by atoms with van der Waals surface area (Å²) in [6, 6.07) is 0.521. The van der Waals surface area contributed by atoms with E-state index in [1.165, 1.54) is 0 Å². The molecule has 0 radical (unpaired) electrons. The summed E-state index contributed by atoms with van der Waals surface area (Å²) < 4.78 is 5.28. The minimum absolute atomic E-state index is 0.241. The zero-order valence-electron chi connectivity index (χ0n) is 8.74. The lowest BCUT2D eigenvalue weighted by molar-refractivity contribution is -0.137. The molecule has 0 unspecified atom stereocenters. The smallest absolute Gasteiger partial charge is 0.304 e. The number of hydrogen-bond donors (Lipinski definition) is 1. The molecule has 1 aliphatic rings. The first-order chi connectivity index (χ1) is 6.74. The van der Waals surface area contributed by atoms with Crippen LogP contribution in [0.5, 0.6) is 0 Å². The Morgan fingerprint density at radius 3 is 2.64 bits per heavy atom. The van der Waals surface area contributed by atoms with E-state index in [2.05, 4.69) is 11.8 Å². The molecule has 0 atom stereocenters. The topological polar surface area (TPSA) is 49.8 Å². The average molecular weight is 201 g/mol. The molecule has 0 spiro atoms. The molecule has 1 fully saturated rings. The van der Waals surface area contributed by atoms with E-state index in [9.17, 15) is 4.79 Å². The van der Waals surface area contributed by atoms with Crippen LogP contribution in [0.1, 0.15) is 26.2 Å². The van der Waals surface area contributed by atoms with Gasteiger partial charge in [0, 0.05) is 25.8 Å². The van der Waals surface area contributed by atoms with Gasteiger partial charge in [0.15, 0.2) is 0 Å². The maximum atomic E-state index is 10.5. The van der Waals surface area contributed by atoms with Crippen LogP contribution in [0.25, 0.3) is 0 Å². The van der Waals surface area contributed by atoms with E-state index in [0.717, 1.165) is 32.6 Å². The molecule has 0 saturated carbocycles. The summed E-state index contributed by atoms with van der Waals surface area (Å²) in [6.45, 7) is 5.30. The monoisotopic (exact) mass is 201 g/mol. The van der Waals surface area contributed by atoms with Crippen molar-refractivity contribution in [3.8, 4) is 0 Å². The van der Waals surface area contributed by atoms with Crippen molar-refractivity contribution in [2.24, 2.45) is 0 Å². The molecule has 4 heteroatoms. The van der Waals surface area contributed by atoms with E-state index >= 15 is 0 Å². The Hall–Kier alpha value is -0.610. The number of hydrogen-bond acceptors (Lipinski definition) is 3. The summed E-state index contributed by atoms with van der Waals surface area (Å²) in [7, 11) is 0. The minimum Gasteiger partial charge on any atom is -0.481 e. The van der Waals surface area contributed by atoms with E-state index in [-0.39, 0.29) is 6.42 Å². The molecular formula is C10H19NO3. The maximum absolute atomic E-state index is 10.5. The van der Waals surface area contributed by atoms with Gasteiger partial charge in [-0.25, -0.2) is 0 Å². The van der Waals surface area contributed by atoms with Gasteiger partial charge in [-0.15, -0.1) is 0 Å². The van der Waals surface area contributed by atoms with Gasteiger partial charge in [0.2, 0.25) is 0 Å². The third-order valence-electron chi connectivity index (χ3n) is 2.73. The van der Waals surface area contributed by atoms with Crippen LogP contribution in [-0.4, -0.2) is 48.3 Å². The van der Waals surface area contributed by atoms with Crippen LogP contribution < -0.4 is 0 Å². The van der Waals surface area contributed by atoms with Crippen molar-refractivity contribution in [3.63, 3.8) is 0 Å². The second kappa shape index (κ2) is 5.98. The van der Waals surface area contributed by atoms with Crippen LogP contribution in [0.3, 0.4) is 0 Å². The molecule has 0 amide bonds. The van der Waals surface area contributed by atoms with Crippen molar-refractivity contribution in [3.05, 3.63) is 0 Å². The summed E-state index contributed by atoms with van der Waals surface area (Å²) in [6.07, 6.45) is 2.31. The number of carboxylic acids is 1. The highest BCUT2D eigenvalue weighted by Crippen LogP contribution is 2.14. The molecule has 82 valence electrons. The first kappa shape index (κ1) is 11.5. The molecule has 1 saturated heterocycles. The van der Waals surface area contributed by atoms with Gasteiger partial charge in [-0.05, 0) is 19.4 Å². The van der Waals surface area contributed by atoms with Gasteiger partial charge in [0.1, 0.15) is 0 Å². The molecule has 1 N–H and O–H groups in total. The highest BCUT2D eigenvalue weighted by atomic mass is 16.5. The molecule has 14 heavy (non-hydrogen) atoms. The van der Waals surface area contributed by atoms with Crippen molar-refractivity contribution in [2.75, 3.05) is 26.3 Å². The van der Waals surface area contributed by atoms with Gasteiger partial charge in [-0.3, -0.25) is 9.69 Å². The number of carbonyl (C=O) groups is 1. The van der Waals surface area contributed by atoms with Crippen LogP contribution in [0, 0.1) is 0 Å². The SMILES string of the molecule is CCN(CCC(=O)O)C1CCOCC1. The Morgan fingerprint density at radius 2 is 2.14 bits per heavy atom. The summed E-state index contributed by atoms with van der Waals surface area (Å²) in [5.74, 6) is -0.712. The quantitative estimate of drug-likeness (QED) is 0.720. The van der Waals surface area contributed by atoms with Crippen LogP contribution in [0.15, 0.2) is 0 Å². The summed E-state index contributed by atoms with van der Waals surface area (Å²) in [5.41, 5.74) is 0. The van der Waals surface area contributed by atoms with Crippen LogP contribution in [-0.2, 0) is 9.53 Å². The highest BCUT2D eigenvalue weighted by molar-refractivity contribution is 5.66. The van der Waals surface area contributed by atoms with Crippen molar-refractivity contribution >= 4 is 5.97 Å². The predicted octanol–water partition coefficient (Wildman–Crippen LogP) is 0.962. The Bertz CT molecular complexity index is 178. The van der Waals surface area contributed by atoms with Crippen LogP contribution >= 0.6 is 0 Å². The first-order valence-electron chi connectivity index (χ1n) is 5.27. The second-order valence-electron chi connectivity index (χ2n) is 3.62. The van der Waals surface area contributed by atoms with Gasteiger partial charge < -0.3 is 9.84 Å². The van der Waals surface area contributed by atoms with Gasteiger partial charge in [0.25, 0.3) is 0 Å². The van der Waals surface area contributed by atoms with Crippen molar-refractivity contribution in [2.45, 2.75) is 32.2 Å². The highest BCUT2D eigenvalue weighted by Gasteiger charge is 2.20. The normalized spacial score (nSPS) is 18.7. The number of nitrogens with zero attached hydrogens (tertiary/aromatic N) is 1. The molecular weight excluding hydrogens is 182 g/mol. The summed E-state index contributed by atoms with van der Waals surface area (Å²) >= 11 is 0. The number of ether oxygens (including phenoxy) is 1. The van der Waals surface area contributed by atoms with E-state index in [1.54, 1.807) is 0 Å². The van der Waals surface area contributed by atoms with Gasteiger partial charge >= 0.3 is 5.97 Å². The van der Waals surface area contributed by atoms with Crippen molar-refractivity contribution in [1.29, 1.82) is 0 Å².